The monoisotopic (exact) mass is 398 g/mol. The predicted molar refractivity (Wildman–Crippen MR) is 113 cm³/mol. The lowest BCUT2D eigenvalue weighted by Crippen LogP contribution is -2.12. The van der Waals surface area contributed by atoms with Gasteiger partial charge in [-0.05, 0) is 38.5 Å². The molecule has 0 aromatic rings. The van der Waals surface area contributed by atoms with Crippen LogP contribution in [0.3, 0.4) is 0 Å². The topological polar surface area (TPSA) is 72.8 Å². The fourth-order valence-corrected chi connectivity index (χ4v) is 2.95. The third-order valence-corrected chi connectivity index (χ3v) is 4.67. The number of allylic oxidation sites excluding steroid dienone is 1. The lowest BCUT2D eigenvalue weighted by atomic mass is 10.1. The number of unbranched alkanes of at least 4 members (excludes halogenated alkanes) is 8. The van der Waals surface area contributed by atoms with E-state index in [4.69, 9.17) is 9.47 Å². The average Bonchev–Trinajstić information content (AvgIpc) is 2.67. The molecule has 0 aliphatic rings. The SMILES string of the molecule is CCCCCC[C@@H](O)C/C=C\CCCCCCCC(=O)OC(=O)CCCOC. The summed E-state index contributed by atoms with van der Waals surface area (Å²) in [5.41, 5.74) is 0. The fraction of sp³-hybridized carbons (Fsp3) is 0.826. The van der Waals surface area contributed by atoms with E-state index in [0.717, 1.165) is 57.8 Å². The number of ether oxygens (including phenoxy) is 2. The number of carbonyl (C=O) groups excluding carboxylic acids is 2. The minimum absolute atomic E-state index is 0.195. The lowest BCUT2D eigenvalue weighted by molar-refractivity contribution is -0.159. The molecule has 0 saturated carbocycles. The number of hydrogen-bond donors (Lipinski definition) is 1. The molecule has 0 fully saturated rings. The van der Waals surface area contributed by atoms with Crippen LogP contribution in [0.4, 0.5) is 0 Å². The molecule has 0 radical (unpaired) electrons. The molecule has 1 N–H and O–H groups in total. The van der Waals surface area contributed by atoms with Gasteiger partial charge in [-0.2, -0.15) is 0 Å². The second-order valence-electron chi connectivity index (χ2n) is 7.46. The molecule has 0 aliphatic heterocycles. The van der Waals surface area contributed by atoms with E-state index >= 15 is 0 Å². The highest BCUT2D eigenvalue weighted by molar-refractivity contribution is 5.85. The second-order valence-corrected chi connectivity index (χ2v) is 7.46. The Morgan fingerprint density at radius 3 is 2.21 bits per heavy atom. The van der Waals surface area contributed by atoms with Gasteiger partial charge >= 0.3 is 11.9 Å². The molecule has 0 rings (SSSR count). The Labute approximate surface area is 171 Å². The zero-order chi connectivity index (χ0) is 20.9. The van der Waals surface area contributed by atoms with Crippen molar-refractivity contribution in [1.29, 1.82) is 0 Å². The molecule has 0 bridgehead atoms. The first kappa shape index (κ1) is 26.8. The Balaban J connectivity index is 3.42. The first-order valence-corrected chi connectivity index (χ1v) is 11.2. The van der Waals surface area contributed by atoms with E-state index < -0.39 is 11.9 Å². The highest BCUT2D eigenvalue weighted by Gasteiger charge is 2.09. The molecular formula is C23H42O5. The number of rotatable bonds is 19. The minimum Gasteiger partial charge on any atom is -0.393 e. The third kappa shape index (κ3) is 19.6. The molecule has 5 nitrogen and oxygen atoms in total. The van der Waals surface area contributed by atoms with Gasteiger partial charge in [0.25, 0.3) is 0 Å². The Bertz CT molecular complexity index is 406. The molecule has 0 saturated heterocycles. The fourth-order valence-electron chi connectivity index (χ4n) is 2.95. The van der Waals surface area contributed by atoms with Crippen LogP contribution in [0, 0.1) is 0 Å². The molecular weight excluding hydrogens is 356 g/mol. The summed E-state index contributed by atoms with van der Waals surface area (Å²) in [6.45, 7) is 2.69. The molecule has 0 unspecified atom stereocenters. The minimum atomic E-state index is -0.458. The van der Waals surface area contributed by atoms with Gasteiger partial charge in [-0.15, -0.1) is 0 Å². The smallest absolute Gasteiger partial charge is 0.313 e. The van der Waals surface area contributed by atoms with E-state index in [1.165, 1.54) is 19.3 Å². The van der Waals surface area contributed by atoms with E-state index in [1.54, 1.807) is 7.11 Å². The highest BCUT2D eigenvalue weighted by Crippen LogP contribution is 2.11. The zero-order valence-electron chi connectivity index (χ0n) is 18.1. The molecule has 0 spiro atoms. The summed E-state index contributed by atoms with van der Waals surface area (Å²) >= 11 is 0. The summed E-state index contributed by atoms with van der Waals surface area (Å²) in [5, 5.41) is 9.89. The van der Waals surface area contributed by atoms with E-state index in [-0.39, 0.29) is 12.5 Å². The van der Waals surface area contributed by atoms with Crippen molar-refractivity contribution >= 4 is 11.9 Å². The van der Waals surface area contributed by atoms with Crippen molar-refractivity contribution in [1.82, 2.24) is 0 Å². The van der Waals surface area contributed by atoms with Crippen LogP contribution < -0.4 is 0 Å². The number of esters is 2. The van der Waals surface area contributed by atoms with Crippen LogP contribution >= 0.6 is 0 Å². The standard InChI is InChI=1S/C23H42O5/c1-3-4-5-12-16-21(24)17-13-10-8-6-7-9-11-14-18-22(25)28-23(26)19-15-20-27-2/h10,13,21,24H,3-9,11-12,14-20H2,1-2H3/b13-10-/t21-/m1/s1. The van der Waals surface area contributed by atoms with E-state index in [9.17, 15) is 14.7 Å². The summed E-state index contributed by atoms with van der Waals surface area (Å²) in [6, 6.07) is 0. The van der Waals surface area contributed by atoms with Crippen molar-refractivity contribution in [3.05, 3.63) is 12.2 Å². The normalized spacial score (nSPS) is 12.4. The van der Waals surface area contributed by atoms with Crippen LogP contribution in [-0.4, -0.2) is 36.9 Å². The Morgan fingerprint density at radius 2 is 1.50 bits per heavy atom. The van der Waals surface area contributed by atoms with Crippen molar-refractivity contribution in [3.8, 4) is 0 Å². The summed E-state index contributed by atoms with van der Waals surface area (Å²) in [4.78, 5) is 22.9. The van der Waals surface area contributed by atoms with Crippen molar-refractivity contribution in [3.63, 3.8) is 0 Å². The van der Waals surface area contributed by atoms with Crippen LogP contribution in [0.5, 0.6) is 0 Å². The predicted octanol–water partition coefficient (Wildman–Crippen LogP) is 5.49. The van der Waals surface area contributed by atoms with Crippen LogP contribution in [0.15, 0.2) is 12.2 Å². The van der Waals surface area contributed by atoms with Gasteiger partial charge in [0, 0.05) is 26.6 Å². The molecule has 1 atom stereocenters. The van der Waals surface area contributed by atoms with Crippen LogP contribution in [0.25, 0.3) is 0 Å². The number of aliphatic hydroxyl groups is 1. The van der Waals surface area contributed by atoms with Crippen molar-refractivity contribution in [2.24, 2.45) is 0 Å². The third-order valence-electron chi connectivity index (χ3n) is 4.67. The number of aliphatic hydroxyl groups excluding tert-OH is 1. The zero-order valence-corrected chi connectivity index (χ0v) is 18.1. The largest absolute Gasteiger partial charge is 0.393 e. The maximum atomic E-state index is 11.5. The van der Waals surface area contributed by atoms with Crippen LogP contribution in [-0.2, 0) is 19.1 Å². The van der Waals surface area contributed by atoms with Crippen LogP contribution in [0.1, 0.15) is 103 Å². The van der Waals surface area contributed by atoms with Gasteiger partial charge < -0.3 is 14.6 Å². The summed E-state index contributed by atoms with van der Waals surface area (Å²) in [7, 11) is 1.58. The summed E-state index contributed by atoms with van der Waals surface area (Å²) in [5.74, 6) is -0.876. The molecule has 0 heterocycles. The second kappa shape index (κ2) is 20.5. The first-order chi connectivity index (χ1) is 13.6. The molecule has 0 amide bonds. The Kier molecular flexibility index (Phi) is 19.7. The maximum absolute atomic E-state index is 11.5. The summed E-state index contributed by atoms with van der Waals surface area (Å²) < 4.78 is 9.62. The van der Waals surface area contributed by atoms with E-state index in [2.05, 4.69) is 19.1 Å². The van der Waals surface area contributed by atoms with Gasteiger partial charge in [0.15, 0.2) is 0 Å². The molecule has 0 aliphatic carbocycles. The molecule has 0 aromatic carbocycles. The average molecular weight is 399 g/mol. The van der Waals surface area contributed by atoms with Crippen molar-refractivity contribution in [2.75, 3.05) is 13.7 Å². The number of methoxy groups -OCH3 is 1. The molecule has 5 heteroatoms. The van der Waals surface area contributed by atoms with E-state index in [1.807, 2.05) is 0 Å². The van der Waals surface area contributed by atoms with E-state index in [0.29, 0.717) is 19.4 Å². The molecule has 0 aromatic heterocycles. The van der Waals surface area contributed by atoms with Gasteiger partial charge in [0.05, 0.1) is 6.10 Å². The van der Waals surface area contributed by atoms with Crippen molar-refractivity contribution in [2.45, 2.75) is 109 Å². The highest BCUT2D eigenvalue weighted by atomic mass is 16.6. The number of carbonyl (C=O) groups is 2. The Hall–Kier alpha value is -1.20. The van der Waals surface area contributed by atoms with Gasteiger partial charge in [-0.1, -0.05) is 64.0 Å². The van der Waals surface area contributed by atoms with Crippen molar-refractivity contribution < 1.29 is 24.2 Å². The van der Waals surface area contributed by atoms with Gasteiger partial charge in [0.1, 0.15) is 0 Å². The number of hydrogen-bond acceptors (Lipinski definition) is 5. The Morgan fingerprint density at radius 1 is 0.857 bits per heavy atom. The first-order valence-electron chi connectivity index (χ1n) is 11.2. The lowest BCUT2D eigenvalue weighted by Gasteiger charge is -2.07. The summed E-state index contributed by atoms with van der Waals surface area (Å²) in [6.07, 6.45) is 17.8. The van der Waals surface area contributed by atoms with Crippen LogP contribution in [0.2, 0.25) is 0 Å². The maximum Gasteiger partial charge on any atom is 0.313 e. The quantitative estimate of drug-likeness (QED) is 0.135. The molecule has 164 valence electrons. The van der Waals surface area contributed by atoms with Gasteiger partial charge in [-0.3, -0.25) is 9.59 Å². The molecule has 28 heavy (non-hydrogen) atoms. The van der Waals surface area contributed by atoms with Gasteiger partial charge in [0.2, 0.25) is 0 Å². The van der Waals surface area contributed by atoms with Gasteiger partial charge in [-0.25, -0.2) is 0 Å².